The summed E-state index contributed by atoms with van der Waals surface area (Å²) in [5.74, 6) is -0.881. The van der Waals surface area contributed by atoms with Crippen LogP contribution < -0.4 is 10.6 Å². The van der Waals surface area contributed by atoms with Crippen LogP contribution in [-0.2, 0) is 26.3 Å². The molecule has 1 atom stereocenters. The van der Waals surface area contributed by atoms with E-state index in [1.165, 1.54) is 21.1 Å². The summed E-state index contributed by atoms with van der Waals surface area (Å²) >= 11 is 1.32. The summed E-state index contributed by atoms with van der Waals surface area (Å²) in [7, 11) is 0. The summed E-state index contributed by atoms with van der Waals surface area (Å²) in [6.45, 7) is 4.97. The zero-order valence-electron chi connectivity index (χ0n) is 22.2. The lowest BCUT2D eigenvalue weighted by atomic mass is 9.75. The Morgan fingerprint density at radius 1 is 1.13 bits per heavy atom. The lowest BCUT2D eigenvalue weighted by molar-refractivity contribution is -0.139. The maximum Gasteiger partial charge on any atom is 0.273 e. The van der Waals surface area contributed by atoms with Gasteiger partial charge in [0.2, 0.25) is 17.7 Å². The van der Waals surface area contributed by atoms with Gasteiger partial charge in [-0.3, -0.25) is 19.2 Å². The molecule has 1 aliphatic carbocycles. The van der Waals surface area contributed by atoms with Crippen LogP contribution in [0.2, 0.25) is 0 Å². The first-order valence-electron chi connectivity index (χ1n) is 13.4. The van der Waals surface area contributed by atoms with Crippen molar-refractivity contribution >= 4 is 35.0 Å². The van der Waals surface area contributed by atoms with E-state index in [9.17, 15) is 19.2 Å². The van der Waals surface area contributed by atoms with Crippen molar-refractivity contribution in [1.29, 1.82) is 0 Å². The number of aromatic nitrogens is 1. The SMILES string of the molecule is CC(C)CCN1CC(=O)NC2(CCCc3ccccc32)C(=O)NCCCCN(C(=O)c2cscn2)CC1=O. The van der Waals surface area contributed by atoms with Crippen LogP contribution in [0.5, 0.6) is 0 Å². The Morgan fingerprint density at radius 3 is 2.71 bits per heavy atom. The first-order chi connectivity index (χ1) is 18.3. The molecule has 9 nitrogen and oxygen atoms in total. The average Bonchev–Trinajstić information content (AvgIpc) is 3.44. The number of rotatable bonds is 4. The highest BCUT2D eigenvalue weighted by atomic mass is 32.1. The van der Waals surface area contributed by atoms with E-state index >= 15 is 0 Å². The molecule has 1 saturated heterocycles. The summed E-state index contributed by atoms with van der Waals surface area (Å²) in [4.78, 5) is 61.0. The number of benzene rings is 1. The maximum absolute atomic E-state index is 13.7. The van der Waals surface area contributed by atoms with Gasteiger partial charge < -0.3 is 20.4 Å². The van der Waals surface area contributed by atoms with Crippen molar-refractivity contribution in [3.05, 3.63) is 52.0 Å². The summed E-state index contributed by atoms with van der Waals surface area (Å²) in [6, 6.07) is 7.77. The minimum Gasteiger partial charge on any atom is -0.354 e. The molecule has 1 aromatic carbocycles. The molecular formula is C28H37N5O4S. The molecule has 2 aromatic rings. The molecule has 0 bridgehead atoms. The molecule has 1 aliphatic heterocycles. The van der Waals surface area contributed by atoms with E-state index in [2.05, 4.69) is 29.5 Å². The number of nitrogens with one attached hydrogen (secondary N) is 2. The second-order valence-electron chi connectivity index (χ2n) is 10.5. The lowest BCUT2D eigenvalue weighted by Crippen LogP contribution is -2.60. The fourth-order valence-electron chi connectivity index (χ4n) is 5.19. The zero-order chi connectivity index (χ0) is 27.1. The Morgan fingerprint density at radius 2 is 1.95 bits per heavy atom. The molecule has 1 aromatic heterocycles. The number of amides is 4. The largest absolute Gasteiger partial charge is 0.354 e. The molecular weight excluding hydrogens is 502 g/mol. The third-order valence-electron chi connectivity index (χ3n) is 7.28. The highest BCUT2D eigenvalue weighted by Crippen LogP contribution is 2.36. The minimum atomic E-state index is -1.17. The van der Waals surface area contributed by atoms with Gasteiger partial charge in [0.1, 0.15) is 17.8 Å². The number of hydrogen-bond acceptors (Lipinski definition) is 6. The van der Waals surface area contributed by atoms with Crippen molar-refractivity contribution in [1.82, 2.24) is 25.4 Å². The molecule has 2 heterocycles. The monoisotopic (exact) mass is 539 g/mol. The molecule has 1 unspecified atom stereocenters. The fourth-order valence-corrected chi connectivity index (χ4v) is 5.71. The minimum absolute atomic E-state index is 0.123. The summed E-state index contributed by atoms with van der Waals surface area (Å²) in [5, 5.41) is 7.77. The second-order valence-corrected chi connectivity index (χ2v) is 11.2. The van der Waals surface area contributed by atoms with Gasteiger partial charge in [-0.1, -0.05) is 38.1 Å². The number of carbonyl (C=O) groups excluding carboxylic acids is 4. The molecule has 2 aliphatic rings. The molecule has 38 heavy (non-hydrogen) atoms. The first kappa shape index (κ1) is 27.8. The molecule has 4 rings (SSSR count). The quantitative estimate of drug-likeness (QED) is 0.621. The number of aryl methyl sites for hydroxylation is 1. The Kier molecular flexibility index (Phi) is 9.14. The Hall–Kier alpha value is -3.27. The van der Waals surface area contributed by atoms with E-state index < -0.39 is 5.54 Å². The Balaban J connectivity index is 1.62. The molecule has 1 spiro atoms. The predicted octanol–water partition coefficient (Wildman–Crippen LogP) is 2.72. The van der Waals surface area contributed by atoms with Crippen molar-refractivity contribution < 1.29 is 19.2 Å². The highest BCUT2D eigenvalue weighted by molar-refractivity contribution is 7.07. The molecule has 204 valence electrons. The van der Waals surface area contributed by atoms with Crippen LogP contribution in [0.1, 0.15) is 67.6 Å². The van der Waals surface area contributed by atoms with Crippen LogP contribution in [-0.4, -0.2) is 71.1 Å². The maximum atomic E-state index is 13.7. The van der Waals surface area contributed by atoms with Crippen molar-refractivity contribution in [2.45, 2.75) is 57.9 Å². The van der Waals surface area contributed by atoms with Crippen molar-refractivity contribution in [2.24, 2.45) is 5.92 Å². The third-order valence-corrected chi connectivity index (χ3v) is 7.87. The van der Waals surface area contributed by atoms with E-state index in [1.807, 2.05) is 24.3 Å². The lowest BCUT2D eigenvalue weighted by Gasteiger charge is -2.39. The molecule has 1 fully saturated rings. The molecule has 0 radical (unpaired) electrons. The third kappa shape index (κ3) is 6.40. The van der Waals surface area contributed by atoms with Crippen molar-refractivity contribution in [3.8, 4) is 0 Å². The standard InChI is InChI=1S/C28H37N5O4S/c1-20(2)11-15-32-16-24(34)31-28(12-7-9-21-8-3-4-10-22(21)28)27(37)29-13-5-6-14-33(17-25(32)35)26(36)23-18-38-19-30-23/h3-4,8,10,18-20H,5-7,9,11-17H2,1-2H3,(H,29,37)(H,31,34). The van der Waals surface area contributed by atoms with E-state index in [0.717, 1.165) is 24.0 Å². The van der Waals surface area contributed by atoms with Crippen molar-refractivity contribution in [2.75, 3.05) is 32.7 Å². The average molecular weight is 540 g/mol. The Labute approximate surface area is 228 Å². The number of fused-ring (bicyclic) bond motifs is 2. The summed E-state index contributed by atoms with van der Waals surface area (Å²) < 4.78 is 0. The van der Waals surface area contributed by atoms with E-state index in [-0.39, 0.29) is 36.7 Å². The number of thiazole rings is 1. The van der Waals surface area contributed by atoms with E-state index in [4.69, 9.17) is 0 Å². The van der Waals surface area contributed by atoms with Gasteiger partial charge in [-0.05, 0) is 55.6 Å². The number of nitrogens with zero attached hydrogens (tertiary/aromatic N) is 3. The van der Waals surface area contributed by atoms with Crippen LogP contribution in [0, 0.1) is 5.92 Å². The van der Waals surface area contributed by atoms with Gasteiger partial charge in [0.05, 0.1) is 12.1 Å². The first-order valence-corrected chi connectivity index (χ1v) is 14.4. The topological polar surface area (TPSA) is 112 Å². The predicted molar refractivity (Wildman–Crippen MR) is 145 cm³/mol. The van der Waals surface area contributed by atoms with Gasteiger partial charge in [0, 0.05) is 25.0 Å². The van der Waals surface area contributed by atoms with Crippen molar-refractivity contribution in [3.63, 3.8) is 0 Å². The number of hydrogen-bond donors (Lipinski definition) is 2. The van der Waals surface area contributed by atoms with Crippen LogP contribution in [0.3, 0.4) is 0 Å². The van der Waals surface area contributed by atoms with Gasteiger partial charge in [-0.25, -0.2) is 4.98 Å². The summed E-state index contributed by atoms with van der Waals surface area (Å²) in [6.07, 6.45) is 4.08. The van der Waals surface area contributed by atoms with Gasteiger partial charge in [0.15, 0.2) is 0 Å². The Bertz CT molecular complexity index is 1150. The fraction of sp³-hybridized carbons (Fsp3) is 0.536. The van der Waals surface area contributed by atoms with Crippen LogP contribution in [0.25, 0.3) is 0 Å². The van der Waals surface area contributed by atoms with Crippen LogP contribution >= 0.6 is 11.3 Å². The van der Waals surface area contributed by atoms with Gasteiger partial charge in [-0.2, -0.15) is 0 Å². The smallest absolute Gasteiger partial charge is 0.273 e. The molecule has 0 saturated carbocycles. The van der Waals surface area contributed by atoms with Gasteiger partial charge in [-0.15, -0.1) is 11.3 Å². The normalized spacial score (nSPS) is 21.6. The summed E-state index contributed by atoms with van der Waals surface area (Å²) in [5.41, 5.74) is 2.60. The molecule has 2 N–H and O–H groups in total. The van der Waals surface area contributed by atoms with E-state index in [0.29, 0.717) is 56.9 Å². The van der Waals surface area contributed by atoms with E-state index in [1.54, 1.807) is 10.9 Å². The van der Waals surface area contributed by atoms with Gasteiger partial charge in [0.25, 0.3) is 5.91 Å². The second kappa shape index (κ2) is 12.5. The van der Waals surface area contributed by atoms with Crippen LogP contribution in [0.15, 0.2) is 35.2 Å². The van der Waals surface area contributed by atoms with Crippen LogP contribution in [0.4, 0.5) is 0 Å². The molecule has 10 heteroatoms. The number of carbonyl (C=O) groups is 4. The zero-order valence-corrected chi connectivity index (χ0v) is 23.0. The van der Waals surface area contributed by atoms with Gasteiger partial charge >= 0.3 is 0 Å². The molecule has 4 amide bonds. The highest BCUT2D eigenvalue weighted by Gasteiger charge is 2.44.